The van der Waals surface area contributed by atoms with Crippen molar-refractivity contribution in [2.24, 2.45) is 0 Å². The van der Waals surface area contributed by atoms with E-state index in [0.29, 0.717) is 16.0 Å². The van der Waals surface area contributed by atoms with Gasteiger partial charge in [-0.3, -0.25) is 4.79 Å². The molecule has 3 aromatic rings. The molecule has 1 aliphatic heterocycles. The maximum atomic E-state index is 12.6. The maximum absolute atomic E-state index is 12.6. The molecular formula is C22H21ClN2O4. The van der Waals surface area contributed by atoms with Crippen molar-refractivity contribution >= 4 is 28.6 Å². The number of carbonyl (C=O) groups is 1. The smallest absolute Gasteiger partial charge is 0.338 e. The number of hydrogen-bond acceptors (Lipinski definition) is 5. The molecule has 2 aromatic heterocycles. The van der Waals surface area contributed by atoms with Crippen LogP contribution in [0.1, 0.15) is 26.2 Å². The van der Waals surface area contributed by atoms with E-state index in [1.54, 1.807) is 25.1 Å². The van der Waals surface area contributed by atoms with Crippen LogP contribution in [0.25, 0.3) is 22.2 Å². The second-order valence-electron chi connectivity index (χ2n) is 7.11. The summed E-state index contributed by atoms with van der Waals surface area (Å²) >= 11 is 6.30. The fourth-order valence-electron chi connectivity index (χ4n) is 3.60. The highest BCUT2D eigenvalue weighted by molar-refractivity contribution is 6.33. The van der Waals surface area contributed by atoms with Gasteiger partial charge in [-0.25, -0.2) is 4.79 Å². The highest BCUT2D eigenvalue weighted by Gasteiger charge is 2.24. The summed E-state index contributed by atoms with van der Waals surface area (Å²) in [5.74, 6) is 0.174. The molecule has 150 valence electrons. The van der Waals surface area contributed by atoms with Gasteiger partial charge in [-0.05, 0) is 38.3 Å². The number of carbonyl (C=O) groups excluding carboxylic acids is 1. The van der Waals surface area contributed by atoms with Crippen molar-refractivity contribution in [1.82, 2.24) is 9.88 Å². The minimum Gasteiger partial charge on any atom is -0.464 e. The summed E-state index contributed by atoms with van der Waals surface area (Å²) < 4.78 is 11.0. The lowest BCUT2D eigenvalue weighted by atomic mass is 10.0. The van der Waals surface area contributed by atoms with Gasteiger partial charge in [0.25, 0.3) is 5.91 Å². The van der Waals surface area contributed by atoms with Crippen molar-refractivity contribution in [2.75, 3.05) is 13.1 Å². The number of nitrogens with zero attached hydrogens (tertiary/aromatic N) is 2. The molecular weight excluding hydrogens is 392 g/mol. The van der Waals surface area contributed by atoms with Gasteiger partial charge in [0, 0.05) is 46.8 Å². The van der Waals surface area contributed by atoms with E-state index in [9.17, 15) is 9.59 Å². The number of benzene rings is 1. The number of halogens is 1. The second kappa shape index (κ2) is 8.25. The highest BCUT2D eigenvalue weighted by atomic mass is 35.5. The standard InChI is InChI=1S/C22H21ClN2O4/c1-14(22(27)25-11-5-2-6-12-25)28-19-10-9-16-17(13-20(26)29-21(16)24-19)15-7-3-4-8-18(15)23/h3-4,7-10,13-14H,2,5-6,11-12H2,1H3. The van der Waals surface area contributed by atoms with Crippen LogP contribution in [0.3, 0.4) is 0 Å². The average molecular weight is 413 g/mol. The molecule has 0 N–H and O–H groups in total. The molecule has 1 unspecified atom stereocenters. The van der Waals surface area contributed by atoms with Crippen molar-refractivity contribution in [3.05, 3.63) is 57.9 Å². The van der Waals surface area contributed by atoms with Crippen LogP contribution < -0.4 is 10.4 Å². The summed E-state index contributed by atoms with van der Waals surface area (Å²) in [4.78, 5) is 30.8. The Kier molecular flexibility index (Phi) is 5.53. The quantitative estimate of drug-likeness (QED) is 0.639. The zero-order chi connectivity index (χ0) is 20.4. The van der Waals surface area contributed by atoms with Gasteiger partial charge >= 0.3 is 5.63 Å². The first-order chi connectivity index (χ1) is 14.0. The van der Waals surface area contributed by atoms with E-state index >= 15 is 0 Å². The molecule has 0 spiro atoms. The Balaban J connectivity index is 1.64. The van der Waals surface area contributed by atoms with Crippen LogP contribution >= 0.6 is 11.6 Å². The molecule has 3 heterocycles. The Bertz CT molecular complexity index is 1110. The number of ether oxygens (including phenoxy) is 1. The van der Waals surface area contributed by atoms with E-state index < -0.39 is 11.7 Å². The number of rotatable bonds is 4. The third-order valence-electron chi connectivity index (χ3n) is 5.06. The second-order valence-corrected chi connectivity index (χ2v) is 7.51. The molecule has 0 saturated carbocycles. The molecule has 0 aliphatic carbocycles. The molecule has 7 heteroatoms. The molecule has 29 heavy (non-hydrogen) atoms. The summed E-state index contributed by atoms with van der Waals surface area (Å²) in [6.07, 6.45) is 2.51. The predicted octanol–water partition coefficient (Wildman–Crippen LogP) is 4.29. The number of amides is 1. The minimum atomic E-state index is -0.670. The van der Waals surface area contributed by atoms with E-state index in [-0.39, 0.29) is 17.5 Å². The number of aromatic nitrogens is 1. The fourth-order valence-corrected chi connectivity index (χ4v) is 3.84. The predicted molar refractivity (Wildman–Crippen MR) is 111 cm³/mol. The Morgan fingerprint density at radius 3 is 2.66 bits per heavy atom. The molecule has 1 atom stereocenters. The fraction of sp³-hybridized carbons (Fsp3) is 0.318. The first kappa shape index (κ1) is 19.5. The average Bonchev–Trinajstić information content (AvgIpc) is 2.73. The highest BCUT2D eigenvalue weighted by Crippen LogP contribution is 2.32. The number of piperidine rings is 1. The van der Waals surface area contributed by atoms with Crippen LogP contribution in [0.2, 0.25) is 5.02 Å². The zero-order valence-electron chi connectivity index (χ0n) is 16.1. The van der Waals surface area contributed by atoms with E-state index in [1.165, 1.54) is 6.07 Å². The number of pyridine rings is 1. The third kappa shape index (κ3) is 4.12. The third-order valence-corrected chi connectivity index (χ3v) is 5.39. The molecule has 1 fully saturated rings. The summed E-state index contributed by atoms with van der Waals surface area (Å²) in [6.45, 7) is 3.22. The normalized spacial score (nSPS) is 15.3. The first-order valence-corrected chi connectivity index (χ1v) is 10.1. The monoisotopic (exact) mass is 412 g/mol. The van der Waals surface area contributed by atoms with Gasteiger partial charge in [0.15, 0.2) is 6.10 Å². The topological polar surface area (TPSA) is 72.6 Å². The summed E-state index contributed by atoms with van der Waals surface area (Å²) in [5, 5.41) is 1.17. The first-order valence-electron chi connectivity index (χ1n) is 9.68. The molecule has 1 saturated heterocycles. The van der Waals surface area contributed by atoms with Gasteiger partial charge in [0.05, 0.1) is 0 Å². The van der Waals surface area contributed by atoms with Gasteiger partial charge in [-0.2, -0.15) is 4.98 Å². The van der Waals surface area contributed by atoms with Gasteiger partial charge in [-0.15, -0.1) is 0 Å². The van der Waals surface area contributed by atoms with Crippen LogP contribution in [0.4, 0.5) is 0 Å². The van der Waals surface area contributed by atoms with Gasteiger partial charge in [0.2, 0.25) is 11.6 Å². The van der Waals surface area contributed by atoms with Crippen LogP contribution in [0.5, 0.6) is 5.88 Å². The van der Waals surface area contributed by atoms with E-state index in [1.807, 2.05) is 23.1 Å². The van der Waals surface area contributed by atoms with Crippen LogP contribution in [0, 0.1) is 0 Å². The van der Waals surface area contributed by atoms with Crippen molar-refractivity contribution < 1.29 is 13.9 Å². The van der Waals surface area contributed by atoms with Crippen molar-refractivity contribution in [2.45, 2.75) is 32.3 Å². The number of fused-ring (bicyclic) bond motifs is 1. The Morgan fingerprint density at radius 1 is 1.14 bits per heavy atom. The SMILES string of the molecule is CC(Oc1ccc2c(-c3ccccc3Cl)cc(=O)oc2n1)C(=O)N1CCCCC1. The van der Waals surface area contributed by atoms with E-state index in [2.05, 4.69) is 4.98 Å². The number of likely N-dealkylation sites (tertiary alicyclic amines) is 1. The Hall–Kier alpha value is -2.86. The van der Waals surface area contributed by atoms with Gasteiger partial charge < -0.3 is 14.1 Å². The van der Waals surface area contributed by atoms with E-state index in [0.717, 1.165) is 37.9 Å². The van der Waals surface area contributed by atoms with Gasteiger partial charge in [0.1, 0.15) is 0 Å². The lowest BCUT2D eigenvalue weighted by Gasteiger charge is -2.29. The molecule has 0 radical (unpaired) electrons. The van der Waals surface area contributed by atoms with Gasteiger partial charge in [-0.1, -0.05) is 29.8 Å². The summed E-state index contributed by atoms with van der Waals surface area (Å²) in [7, 11) is 0. The van der Waals surface area contributed by atoms with Crippen molar-refractivity contribution in [3.63, 3.8) is 0 Å². The largest absolute Gasteiger partial charge is 0.464 e. The van der Waals surface area contributed by atoms with Crippen LogP contribution in [-0.2, 0) is 4.79 Å². The van der Waals surface area contributed by atoms with Crippen molar-refractivity contribution in [1.29, 1.82) is 0 Å². The summed E-state index contributed by atoms with van der Waals surface area (Å²) in [5.41, 5.74) is 0.964. The lowest BCUT2D eigenvalue weighted by Crippen LogP contribution is -2.43. The van der Waals surface area contributed by atoms with E-state index in [4.69, 9.17) is 20.8 Å². The zero-order valence-corrected chi connectivity index (χ0v) is 16.8. The lowest BCUT2D eigenvalue weighted by molar-refractivity contribution is -0.138. The molecule has 1 amide bonds. The van der Waals surface area contributed by atoms with Crippen molar-refractivity contribution in [3.8, 4) is 17.0 Å². The molecule has 0 bridgehead atoms. The van der Waals surface area contributed by atoms with Crippen LogP contribution in [0.15, 0.2) is 51.7 Å². The Morgan fingerprint density at radius 2 is 1.90 bits per heavy atom. The molecule has 1 aromatic carbocycles. The summed E-state index contributed by atoms with van der Waals surface area (Å²) in [6, 6.07) is 12.1. The Labute approximate surface area is 173 Å². The molecule has 4 rings (SSSR count). The minimum absolute atomic E-state index is 0.0575. The molecule has 6 nitrogen and oxygen atoms in total. The molecule has 1 aliphatic rings. The van der Waals surface area contributed by atoms with Crippen LogP contribution in [-0.4, -0.2) is 35.0 Å². The maximum Gasteiger partial charge on any atom is 0.338 e. The number of hydrogen-bond donors (Lipinski definition) is 0.